The van der Waals surface area contributed by atoms with Crippen molar-refractivity contribution in [2.75, 3.05) is 0 Å². The summed E-state index contributed by atoms with van der Waals surface area (Å²) in [6.45, 7) is 0. The minimum atomic E-state index is 0.0186. The maximum Gasteiger partial charge on any atom is 0.212 e. The molecule has 4 nitrogen and oxygen atoms in total. The lowest BCUT2D eigenvalue weighted by Crippen LogP contribution is -1.76. The van der Waals surface area contributed by atoms with Gasteiger partial charge in [0.25, 0.3) is 0 Å². The number of hydrogen-bond donors (Lipinski definition) is 2. The van der Waals surface area contributed by atoms with Crippen molar-refractivity contribution < 1.29 is 19.0 Å². The Balaban J connectivity index is 2.48. The predicted molar refractivity (Wildman–Crippen MR) is 82.2 cm³/mol. The highest BCUT2D eigenvalue weighted by Crippen LogP contribution is 2.49. The molecule has 0 aliphatic rings. The minimum Gasteiger partial charge on any atom is -0.503 e. The Morgan fingerprint density at radius 2 is 1.15 bits per heavy atom. The van der Waals surface area contributed by atoms with Crippen molar-refractivity contribution >= 4 is 64.6 Å². The summed E-state index contributed by atoms with van der Waals surface area (Å²) < 4.78 is 11.5. The molecule has 0 atom stereocenters. The first-order chi connectivity index (χ1) is 9.59. The van der Waals surface area contributed by atoms with Crippen LogP contribution in [-0.2, 0) is 0 Å². The Labute approximate surface area is 128 Å². The second-order valence-corrected chi connectivity index (χ2v) is 5.84. The molecule has 4 aromatic rings. The summed E-state index contributed by atoms with van der Waals surface area (Å²) in [7, 11) is 0. The lowest BCUT2D eigenvalue weighted by atomic mass is 10.0. The molecule has 0 radical (unpaired) electrons. The van der Waals surface area contributed by atoms with Gasteiger partial charge in [0.15, 0.2) is 22.7 Å². The van der Waals surface area contributed by atoms with Gasteiger partial charge < -0.3 is 19.0 Å². The van der Waals surface area contributed by atoms with Gasteiger partial charge in [0, 0.05) is 0 Å². The summed E-state index contributed by atoms with van der Waals surface area (Å²) in [4.78, 5) is 0. The fourth-order valence-electron chi connectivity index (χ4n) is 2.53. The summed E-state index contributed by atoms with van der Waals surface area (Å²) in [5.74, 6) is 0.0372. The third-order valence-electron chi connectivity index (χ3n) is 3.36. The largest absolute Gasteiger partial charge is 0.503 e. The van der Waals surface area contributed by atoms with Gasteiger partial charge in [-0.05, 0) is 42.6 Å². The van der Waals surface area contributed by atoms with Gasteiger partial charge in [0.1, 0.15) is 0 Å². The molecule has 0 saturated heterocycles. The highest BCUT2D eigenvalue weighted by molar-refractivity contribution is 9.10. The molecule has 2 N–H and O–H groups in total. The number of rotatable bonds is 0. The summed E-state index contributed by atoms with van der Waals surface area (Å²) in [6, 6.07) is 7.44. The minimum absolute atomic E-state index is 0.0186. The Morgan fingerprint density at radius 3 is 1.55 bits per heavy atom. The fourth-order valence-corrected chi connectivity index (χ4v) is 3.25. The topological polar surface area (TPSA) is 66.7 Å². The molecule has 0 spiro atoms. The van der Waals surface area contributed by atoms with Crippen LogP contribution in [0.25, 0.3) is 32.7 Å². The maximum atomic E-state index is 10.2. The van der Waals surface area contributed by atoms with E-state index in [0.29, 0.717) is 21.9 Å². The van der Waals surface area contributed by atoms with Crippen molar-refractivity contribution in [3.63, 3.8) is 0 Å². The van der Waals surface area contributed by atoms with E-state index in [1.165, 1.54) is 0 Å². The van der Waals surface area contributed by atoms with Crippen molar-refractivity contribution in [2.45, 2.75) is 0 Å². The summed E-state index contributed by atoms with van der Waals surface area (Å²) in [6.07, 6.45) is 0. The second kappa shape index (κ2) is 3.93. The molecule has 0 fully saturated rings. The highest BCUT2D eigenvalue weighted by atomic mass is 79.9. The van der Waals surface area contributed by atoms with Crippen molar-refractivity contribution in [2.24, 2.45) is 0 Å². The molecule has 4 rings (SSSR count). The number of halogens is 2. The molecule has 2 heterocycles. The van der Waals surface area contributed by atoms with E-state index >= 15 is 0 Å². The average Bonchev–Trinajstić information content (AvgIpc) is 2.90. The average molecular weight is 398 g/mol. The maximum absolute atomic E-state index is 10.2. The normalized spacial score (nSPS) is 11.9. The third kappa shape index (κ3) is 1.35. The van der Waals surface area contributed by atoms with E-state index in [1.54, 1.807) is 0 Å². The van der Waals surface area contributed by atoms with Gasteiger partial charge in [-0.2, -0.15) is 0 Å². The van der Waals surface area contributed by atoms with Gasteiger partial charge in [-0.25, -0.2) is 0 Å². The first kappa shape index (κ1) is 12.1. The molecule has 6 heteroatoms. The molecule has 100 valence electrons. The van der Waals surface area contributed by atoms with Crippen LogP contribution in [0, 0.1) is 0 Å². The molecule has 2 aromatic heterocycles. The fraction of sp³-hybridized carbons (Fsp3) is 0. The number of aromatic hydroxyl groups is 2. The molecular formula is C14H6Br2O4. The van der Waals surface area contributed by atoms with Crippen LogP contribution in [0.2, 0.25) is 0 Å². The van der Waals surface area contributed by atoms with Gasteiger partial charge in [0.05, 0.1) is 10.8 Å². The van der Waals surface area contributed by atoms with Gasteiger partial charge in [0.2, 0.25) is 9.34 Å². The molecule has 2 aromatic carbocycles. The molecule has 0 aliphatic carbocycles. The number of furan rings is 2. The van der Waals surface area contributed by atoms with E-state index in [-0.39, 0.29) is 20.8 Å². The monoisotopic (exact) mass is 396 g/mol. The summed E-state index contributed by atoms with van der Waals surface area (Å²) >= 11 is 6.35. The molecule has 0 saturated carbocycles. The van der Waals surface area contributed by atoms with Crippen LogP contribution < -0.4 is 0 Å². The molecule has 0 aliphatic heterocycles. The van der Waals surface area contributed by atoms with Crippen LogP contribution >= 0.6 is 31.9 Å². The number of hydrogen-bond acceptors (Lipinski definition) is 4. The summed E-state index contributed by atoms with van der Waals surface area (Å²) in [5, 5.41) is 23.0. The number of fused-ring (bicyclic) bond motifs is 6. The Hall–Kier alpha value is -1.66. The molecule has 0 amide bonds. The van der Waals surface area contributed by atoms with Gasteiger partial charge in [-0.1, -0.05) is 24.3 Å². The zero-order chi connectivity index (χ0) is 14.0. The van der Waals surface area contributed by atoms with Crippen LogP contribution in [0.5, 0.6) is 11.5 Å². The van der Waals surface area contributed by atoms with E-state index < -0.39 is 0 Å². The van der Waals surface area contributed by atoms with Crippen molar-refractivity contribution in [1.82, 2.24) is 0 Å². The lowest BCUT2D eigenvalue weighted by molar-refractivity contribution is 0.449. The van der Waals surface area contributed by atoms with Crippen molar-refractivity contribution in [1.29, 1.82) is 0 Å². The van der Waals surface area contributed by atoms with Crippen molar-refractivity contribution in [3.8, 4) is 11.5 Å². The molecule has 20 heavy (non-hydrogen) atoms. The Bertz CT molecular complexity index is 916. The quantitative estimate of drug-likeness (QED) is 0.424. The first-order valence-corrected chi connectivity index (χ1v) is 7.31. The van der Waals surface area contributed by atoms with E-state index in [0.717, 1.165) is 10.8 Å². The van der Waals surface area contributed by atoms with Gasteiger partial charge in [-0.15, -0.1) is 0 Å². The number of benzene rings is 2. The second-order valence-electron chi connectivity index (χ2n) is 4.40. The molecule has 0 bridgehead atoms. The van der Waals surface area contributed by atoms with Crippen LogP contribution in [0.4, 0.5) is 0 Å². The zero-order valence-electron chi connectivity index (χ0n) is 9.78. The van der Waals surface area contributed by atoms with Gasteiger partial charge >= 0.3 is 0 Å². The Morgan fingerprint density at radius 1 is 0.750 bits per heavy atom. The van der Waals surface area contributed by atoms with Crippen LogP contribution in [0.15, 0.2) is 42.4 Å². The zero-order valence-corrected chi connectivity index (χ0v) is 12.9. The predicted octanol–water partition coefficient (Wildman–Crippen LogP) is 5.27. The van der Waals surface area contributed by atoms with Gasteiger partial charge in [-0.3, -0.25) is 0 Å². The Kier molecular flexibility index (Phi) is 2.38. The first-order valence-electron chi connectivity index (χ1n) is 5.72. The third-order valence-corrected chi connectivity index (χ3v) is 4.43. The smallest absolute Gasteiger partial charge is 0.212 e. The van der Waals surface area contributed by atoms with E-state index in [2.05, 4.69) is 31.9 Å². The molecule has 0 unspecified atom stereocenters. The van der Waals surface area contributed by atoms with Crippen LogP contribution in [0.1, 0.15) is 0 Å². The summed E-state index contributed by atoms with van der Waals surface area (Å²) in [5.41, 5.74) is 0.785. The van der Waals surface area contributed by atoms with E-state index in [9.17, 15) is 10.2 Å². The highest BCUT2D eigenvalue weighted by Gasteiger charge is 2.24. The standard InChI is InChI=1S/C14H6Br2O4/c15-13-9(17)7-5-3-1-2-4-6(5)8-10(18)14(16)20-12(8)11(7)19-13/h1-4,17-18H. The van der Waals surface area contributed by atoms with Crippen LogP contribution in [0.3, 0.4) is 0 Å². The van der Waals surface area contributed by atoms with E-state index in [1.807, 2.05) is 24.3 Å². The molecular weight excluding hydrogens is 392 g/mol. The van der Waals surface area contributed by atoms with E-state index in [4.69, 9.17) is 8.83 Å². The van der Waals surface area contributed by atoms with Crippen molar-refractivity contribution in [3.05, 3.63) is 33.6 Å². The lowest BCUT2D eigenvalue weighted by Gasteiger charge is -2.01. The van der Waals surface area contributed by atoms with Crippen LogP contribution in [-0.4, -0.2) is 10.2 Å². The SMILES string of the molecule is Oc1c(Br)oc2c3oc(Br)c(O)c3c3ccccc3c12.